The number of amides is 2. The molecule has 0 bridgehead atoms. The van der Waals surface area contributed by atoms with E-state index in [0.717, 1.165) is 18.0 Å². The molecule has 1 aromatic carbocycles. The van der Waals surface area contributed by atoms with Gasteiger partial charge in [-0.2, -0.15) is 0 Å². The molecule has 0 radical (unpaired) electrons. The third-order valence-corrected chi connectivity index (χ3v) is 5.37. The molecule has 2 amide bonds. The fourth-order valence-electron chi connectivity index (χ4n) is 3.93. The number of rotatable bonds is 6. The summed E-state index contributed by atoms with van der Waals surface area (Å²) in [7, 11) is 0. The van der Waals surface area contributed by atoms with Crippen molar-refractivity contribution in [2.75, 3.05) is 18.0 Å². The molecule has 1 aliphatic heterocycles. The summed E-state index contributed by atoms with van der Waals surface area (Å²) < 4.78 is 0. The predicted molar refractivity (Wildman–Crippen MR) is 95.7 cm³/mol. The summed E-state index contributed by atoms with van der Waals surface area (Å²) >= 11 is 0. The Bertz CT molecular complexity index is 552. The van der Waals surface area contributed by atoms with Gasteiger partial charge in [-0.25, -0.2) is 0 Å². The molecule has 1 heterocycles. The zero-order valence-corrected chi connectivity index (χ0v) is 14.4. The number of carbonyl (C=O) groups excluding carboxylic acids is 2. The van der Waals surface area contributed by atoms with Crippen molar-refractivity contribution in [2.45, 2.75) is 51.4 Å². The first kappa shape index (κ1) is 17.0. The summed E-state index contributed by atoms with van der Waals surface area (Å²) in [4.78, 5) is 26.1. The first-order valence-corrected chi connectivity index (χ1v) is 9.34. The Hall–Kier alpha value is -1.84. The molecule has 0 spiro atoms. The molecule has 4 heteroatoms. The van der Waals surface area contributed by atoms with Crippen LogP contribution in [0.25, 0.3) is 0 Å². The lowest BCUT2D eigenvalue weighted by Crippen LogP contribution is -2.31. The van der Waals surface area contributed by atoms with E-state index in [0.29, 0.717) is 25.9 Å². The van der Waals surface area contributed by atoms with Crippen LogP contribution in [0.15, 0.2) is 30.3 Å². The zero-order valence-electron chi connectivity index (χ0n) is 14.4. The average Bonchev–Trinajstić information content (AvgIpc) is 3.00. The fourth-order valence-corrected chi connectivity index (χ4v) is 3.93. The van der Waals surface area contributed by atoms with Gasteiger partial charge in [0, 0.05) is 37.5 Å². The van der Waals surface area contributed by atoms with Gasteiger partial charge in [-0.05, 0) is 24.5 Å². The van der Waals surface area contributed by atoms with Crippen LogP contribution in [-0.2, 0) is 9.59 Å². The van der Waals surface area contributed by atoms with Crippen LogP contribution in [0.2, 0.25) is 0 Å². The second-order valence-electron chi connectivity index (χ2n) is 7.26. The molecule has 1 aromatic rings. The van der Waals surface area contributed by atoms with Crippen LogP contribution in [0.5, 0.6) is 0 Å². The lowest BCUT2D eigenvalue weighted by atomic mass is 9.86. The Morgan fingerprint density at radius 2 is 1.83 bits per heavy atom. The molecule has 1 saturated heterocycles. The van der Waals surface area contributed by atoms with Crippen molar-refractivity contribution in [1.82, 2.24) is 5.32 Å². The van der Waals surface area contributed by atoms with Crippen molar-refractivity contribution in [1.29, 1.82) is 0 Å². The third kappa shape index (κ3) is 4.59. The maximum absolute atomic E-state index is 12.2. The van der Waals surface area contributed by atoms with E-state index in [-0.39, 0.29) is 17.7 Å². The zero-order chi connectivity index (χ0) is 16.8. The lowest BCUT2D eigenvalue weighted by Gasteiger charge is -2.21. The smallest absolute Gasteiger partial charge is 0.227 e. The molecule has 1 N–H and O–H groups in total. The first-order chi connectivity index (χ1) is 11.7. The van der Waals surface area contributed by atoms with Crippen LogP contribution in [0.4, 0.5) is 5.69 Å². The second kappa shape index (κ2) is 8.32. The molecule has 0 aromatic heterocycles. The molecule has 1 saturated carbocycles. The van der Waals surface area contributed by atoms with E-state index in [9.17, 15) is 9.59 Å². The second-order valence-corrected chi connectivity index (χ2v) is 7.26. The molecule has 4 nitrogen and oxygen atoms in total. The minimum Gasteiger partial charge on any atom is -0.356 e. The number of para-hydroxylation sites is 1. The van der Waals surface area contributed by atoms with Crippen LogP contribution < -0.4 is 10.2 Å². The van der Waals surface area contributed by atoms with E-state index in [1.54, 1.807) is 0 Å². The van der Waals surface area contributed by atoms with Gasteiger partial charge >= 0.3 is 0 Å². The quantitative estimate of drug-likeness (QED) is 0.868. The van der Waals surface area contributed by atoms with E-state index in [2.05, 4.69) is 5.32 Å². The summed E-state index contributed by atoms with van der Waals surface area (Å²) in [5.74, 6) is 1.26. The van der Waals surface area contributed by atoms with Crippen LogP contribution in [0.1, 0.15) is 51.4 Å². The largest absolute Gasteiger partial charge is 0.356 e. The molecular formula is C20H28N2O2. The van der Waals surface area contributed by atoms with Crippen LogP contribution in [-0.4, -0.2) is 24.9 Å². The summed E-state index contributed by atoms with van der Waals surface area (Å²) in [6.45, 7) is 1.31. The van der Waals surface area contributed by atoms with Gasteiger partial charge in [-0.1, -0.05) is 50.3 Å². The number of benzene rings is 1. The molecule has 24 heavy (non-hydrogen) atoms. The molecule has 1 unspecified atom stereocenters. The minimum atomic E-state index is 0.145. The van der Waals surface area contributed by atoms with Gasteiger partial charge < -0.3 is 10.2 Å². The first-order valence-electron chi connectivity index (χ1n) is 9.34. The summed E-state index contributed by atoms with van der Waals surface area (Å²) in [6.07, 6.45) is 8.76. The maximum atomic E-state index is 12.2. The number of hydrogen-bond donors (Lipinski definition) is 1. The lowest BCUT2D eigenvalue weighted by molar-refractivity contribution is -0.122. The Labute approximate surface area is 144 Å². The van der Waals surface area contributed by atoms with E-state index in [4.69, 9.17) is 0 Å². The molecule has 3 rings (SSSR count). The number of hydrogen-bond acceptors (Lipinski definition) is 2. The highest BCUT2D eigenvalue weighted by molar-refractivity contribution is 5.95. The normalized spacial score (nSPS) is 21.9. The summed E-state index contributed by atoms with van der Waals surface area (Å²) in [5.41, 5.74) is 0.952. The van der Waals surface area contributed by atoms with E-state index < -0.39 is 0 Å². The van der Waals surface area contributed by atoms with Gasteiger partial charge in [0.25, 0.3) is 0 Å². The predicted octanol–water partition coefficient (Wildman–Crippen LogP) is 3.52. The molecule has 130 valence electrons. The third-order valence-electron chi connectivity index (χ3n) is 5.37. The van der Waals surface area contributed by atoms with Crippen LogP contribution in [0, 0.1) is 11.8 Å². The number of nitrogens with zero attached hydrogens (tertiary/aromatic N) is 1. The van der Waals surface area contributed by atoms with Crippen LogP contribution >= 0.6 is 0 Å². The van der Waals surface area contributed by atoms with Crippen molar-refractivity contribution < 1.29 is 9.59 Å². The highest BCUT2D eigenvalue weighted by Gasteiger charge is 2.30. The van der Waals surface area contributed by atoms with Gasteiger partial charge in [-0.15, -0.1) is 0 Å². The highest BCUT2D eigenvalue weighted by atomic mass is 16.2. The Morgan fingerprint density at radius 1 is 1.08 bits per heavy atom. The molecular weight excluding hydrogens is 300 g/mol. The standard InChI is InChI=1S/C20H28N2O2/c23-19(12-11-16-7-3-1-4-8-16)21-14-17-13-20(24)22(15-17)18-9-5-2-6-10-18/h2,5-6,9-10,16-17H,1,3-4,7-8,11-15H2,(H,21,23). The Morgan fingerprint density at radius 3 is 2.58 bits per heavy atom. The monoisotopic (exact) mass is 328 g/mol. The van der Waals surface area contributed by atoms with Gasteiger partial charge in [0.15, 0.2) is 0 Å². The number of anilines is 1. The average molecular weight is 328 g/mol. The van der Waals surface area contributed by atoms with Gasteiger partial charge in [0.05, 0.1) is 0 Å². The Balaban J connectivity index is 1.39. The maximum Gasteiger partial charge on any atom is 0.227 e. The van der Waals surface area contributed by atoms with Crippen molar-refractivity contribution in [3.8, 4) is 0 Å². The molecule has 1 aliphatic carbocycles. The van der Waals surface area contributed by atoms with Gasteiger partial charge in [0.2, 0.25) is 11.8 Å². The van der Waals surface area contributed by atoms with E-state index in [1.807, 2.05) is 35.2 Å². The number of nitrogens with one attached hydrogen (secondary N) is 1. The summed E-state index contributed by atoms with van der Waals surface area (Å²) in [5, 5.41) is 3.04. The SMILES string of the molecule is O=C(CCC1CCCCC1)NCC1CC(=O)N(c2ccccc2)C1. The highest BCUT2D eigenvalue weighted by Crippen LogP contribution is 2.27. The Kier molecular flexibility index (Phi) is 5.89. The fraction of sp³-hybridized carbons (Fsp3) is 0.600. The number of carbonyl (C=O) groups is 2. The minimum absolute atomic E-state index is 0.145. The van der Waals surface area contributed by atoms with Crippen molar-refractivity contribution in [3.63, 3.8) is 0 Å². The van der Waals surface area contributed by atoms with Crippen molar-refractivity contribution >= 4 is 17.5 Å². The van der Waals surface area contributed by atoms with E-state index in [1.165, 1.54) is 32.1 Å². The van der Waals surface area contributed by atoms with Crippen molar-refractivity contribution in [3.05, 3.63) is 30.3 Å². The van der Waals surface area contributed by atoms with Crippen molar-refractivity contribution in [2.24, 2.45) is 11.8 Å². The van der Waals surface area contributed by atoms with Gasteiger partial charge in [0.1, 0.15) is 0 Å². The molecule has 2 fully saturated rings. The molecule has 1 atom stereocenters. The van der Waals surface area contributed by atoms with E-state index >= 15 is 0 Å². The van der Waals surface area contributed by atoms with Gasteiger partial charge in [-0.3, -0.25) is 9.59 Å². The topological polar surface area (TPSA) is 49.4 Å². The van der Waals surface area contributed by atoms with Crippen LogP contribution in [0.3, 0.4) is 0 Å². The summed E-state index contributed by atoms with van der Waals surface area (Å²) in [6, 6.07) is 9.77. The molecule has 2 aliphatic rings.